The number of halogens is 1. The van der Waals surface area contributed by atoms with E-state index in [4.69, 9.17) is 11.6 Å². The van der Waals surface area contributed by atoms with Crippen LogP contribution in [-0.4, -0.2) is 37.7 Å². The highest BCUT2D eigenvalue weighted by Gasteiger charge is 2.22. The molecule has 1 saturated carbocycles. The van der Waals surface area contributed by atoms with Crippen LogP contribution in [0, 0.1) is 0 Å². The summed E-state index contributed by atoms with van der Waals surface area (Å²) >= 11 is 6.29. The second-order valence-electron chi connectivity index (χ2n) is 6.69. The second-order valence-corrected chi connectivity index (χ2v) is 7.10. The predicted octanol–water partition coefficient (Wildman–Crippen LogP) is 3.02. The minimum absolute atomic E-state index is 0.115. The summed E-state index contributed by atoms with van der Waals surface area (Å²) in [7, 11) is 1.84. The summed E-state index contributed by atoms with van der Waals surface area (Å²) in [4.78, 5) is 20.3. The Morgan fingerprint density at radius 3 is 2.81 bits per heavy atom. The van der Waals surface area contributed by atoms with Crippen LogP contribution in [0.4, 0.5) is 17.5 Å². The Morgan fingerprint density at radius 1 is 1.33 bits per heavy atom. The lowest BCUT2D eigenvalue weighted by Gasteiger charge is -2.22. The van der Waals surface area contributed by atoms with Crippen LogP contribution in [0.3, 0.4) is 0 Å². The number of carbonyl (C=O) groups is 1. The maximum Gasteiger partial charge on any atom is 0.243 e. The third kappa shape index (κ3) is 5.43. The van der Waals surface area contributed by atoms with Gasteiger partial charge in [-0.1, -0.05) is 31.0 Å². The van der Waals surface area contributed by atoms with Crippen molar-refractivity contribution in [2.45, 2.75) is 44.2 Å². The maximum atomic E-state index is 11.6. The van der Waals surface area contributed by atoms with Gasteiger partial charge in [0.2, 0.25) is 11.9 Å². The number of rotatable bonds is 6. The minimum Gasteiger partial charge on any atom is -0.366 e. The average molecular weight is 390 g/mol. The van der Waals surface area contributed by atoms with E-state index in [-0.39, 0.29) is 18.0 Å². The molecule has 2 unspecified atom stereocenters. The summed E-state index contributed by atoms with van der Waals surface area (Å²) in [6.07, 6.45) is 11.3. The van der Waals surface area contributed by atoms with Crippen LogP contribution in [-0.2, 0) is 11.8 Å². The molecular formula is C18H24ClN7O. The number of nitrogens with one attached hydrogen (secondary N) is 3. The van der Waals surface area contributed by atoms with Crippen LogP contribution < -0.4 is 16.0 Å². The molecule has 0 aromatic carbocycles. The van der Waals surface area contributed by atoms with Gasteiger partial charge in [0.25, 0.3) is 0 Å². The molecule has 0 saturated heterocycles. The Hall–Kier alpha value is -2.61. The molecule has 0 radical (unpaired) electrons. The number of nitrogens with zero attached hydrogens (tertiary/aromatic N) is 4. The summed E-state index contributed by atoms with van der Waals surface area (Å²) in [5.74, 6) is 0.891. The molecule has 8 nitrogen and oxygen atoms in total. The van der Waals surface area contributed by atoms with Crippen molar-refractivity contribution in [2.75, 3.05) is 10.6 Å². The molecule has 1 fully saturated rings. The zero-order valence-corrected chi connectivity index (χ0v) is 16.0. The molecule has 0 spiro atoms. The zero-order valence-electron chi connectivity index (χ0n) is 15.3. The van der Waals surface area contributed by atoms with Gasteiger partial charge in [0.1, 0.15) is 5.02 Å². The molecule has 1 aliphatic rings. The number of hydrogen-bond acceptors (Lipinski definition) is 6. The Morgan fingerprint density at radius 2 is 2.11 bits per heavy atom. The Balaban J connectivity index is 1.68. The molecule has 9 heteroatoms. The third-order valence-electron chi connectivity index (χ3n) is 4.50. The number of amides is 1. The lowest BCUT2D eigenvalue weighted by atomic mass is 10.1. The van der Waals surface area contributed by atoms with Crippen LogP contribution in [0.15, 0.2) is 31.2 Å². The molecule has 0 aliphatic heterocycles. The van der Waals surface area contributed by atoms with E-state index in [1.54, 1.807) is 17.1 Å². The van der Waals surface area contributed by atoms with Crippen LogP contribution in [0.25, 0.3) is 0 Å². The van der Waals surface area contributed by atoms with Crippen molar-refractivity contribution in [1.29, 1.82) is 0 Å². The molecule has 2 aromatic rings. The Labute approximate surface area is 163 Å². The lowest BCUT2D eigenvalue weighted by molar-refractivity contribution is -0.117. The van der Waals surface area contributed by atoms with Crippen molar-refractivity contribution in [2.24, 2.45) is 7.05 Å². The Bertz CT molecular complexity index is 807. The molecule has 27 heavy (non-hydrogen) atoms. The molecule has 144 valence electrons. The van der Waals surface area contributed by atoms with E-state index >= 15 is 0 Å². The van der Waals surface area contributed by atoms with Gasteiger partial charge in [0.05, 0.1) is 18.1 Å². The summed E-state index contributed by atoms with van der Waals surface area (Å²) in [6.45, 7) is 3.52. The summed E-state index contributed by atoms with van der Waals surface area (Å²) < 4.78 is 1.70. The van der Waals surface area contributed by atoms with Gasteiger partial charge in [-0.2, -0.15) is 10.1 Å². The molecule has 2 aromatic heterocycles. The molecule has 2 heterocycles. The normalized spacial score (nSPS) is 19.8. The first-order chi connectivity index (χ1) is 13.0. The molecule has 1 aliphatic carbocycles. The smallest absolute Gasteiger partial charge is 0.243 e. The van der Waals surface area contributed by atoms with Crippen molar-refractivity contribution >= 4 is 35.0 Å². The van der Waals surface area contributed by atoms with Crippen molar-refractivity contribution in [3.05, 3.63) is 36.3 Å². The van der Waals surface area contributed by atoms with Gasteiger partial charge in [-0.3, -0.25) is 9.48 Å². The largest absolute Gasteiger partial charge is 0.366 e. The first-order valence-corrected chi connectivity index (χ1v) is 9.39. The van der Waals surface area contributed by atoms with E-state index in [2.05, 4.69) is 37.6 Å². The minimum atomic E-state index is -0.135. The van der Waals surface area contributed by atoms with Gasteiger partial charge in [-0.15, -0.1) is 0 Å². The number of anilines is 3. The van der Waals surface area contributed by atoms with Gasteiger partial charge in [-0.25, -0.2) is 4.98 Å². The molecule has 1 amide bonds. The van der Waals surface area contributed by atoms with E-state index in [0.29, 0.717) is 16.8 Å². The topological polar surface area (TPSA) is 96.8 Å². The van der Waals surface area contributed by atoms with Crippen molar-refractivity contribution in [3.8, 4) is 0 Å². The highest BCUT2D eigenvalue weighted by atomic mass is 35.5. The van der Waals surface area contributed by atoms with Gasteiger partial charge in [0, 0.05) is 25.3 Å². The van der Waals surface area contributed by atoms with Crippen molar-refractivity contribution < 1.29 is 4.79 Å². The molecular weight excluding hydrogens is 366 g/mol. The predicted molar refractivity (Wildman–Crippen MR) is 106 cm³/mol. The lowest BCUT2D eigenvalue weighted by Crippen LogP contribution is -2.37. The van der Waals surface area contributed by atoms with Gasteiger partial charge in [0.15, 0.2) is 5.82 Å². The van der Waals surface area contributed by atoms with E-state index in [0.717, 1.165) is 37.8 Å². The van der Waals surface area contributed by atoms with Gasteiger partial charge < -0.3 is 16.0 Å². The number of aryl methyl sites for hydroxylation is 1. The Kier molecular flexibility index (Phi) is 6.28. The van der Waals surface area contributed by atoms with E-state index in [1.165, 1.54) is 6.08 Å². The molecule has 3 N–H and O–H groups in total. The van der Waals surface area contributed by atoms with E-state index in [9.17, 15) is 4.79 Å². The fraction of sp³-hybridized carbons (Fsp3) is 0.444. The molecule has 3 rings (SSSR count). The zero-order chi connectivity index (χ0) is 19.2. The summed E-state index contributed by atoms with van der Waals surface area (Å²) in [6, 6.07) is 0.283. The fourth-order valence-corrected chi connectivity index (χ4v) is 3.37. The monoisotopic (exact) mass is 389 g/mol. The fourth-order valence-electron chi connectivity index (χ4n) is 3.22. The highest BCUT2D eigenvalue weighted by Crippen LogP contribution is 2.26. The van der Waals surface area contributed by atoms with Crippen LogP contribution in [0.2, 0.25) is 5.02 Å². The second kappa shape index (κ2) is 8.85. The summed E-state index contributed by atoms with van der Waals surface area (Å²) in [5.41, 5.74) is 0.799. The van der Waals surface area contributed by atoms with Gasteiger partial charge in [-0.05, 0) is 25.3 Å². The van der Waals surface area contributed by atoms with Crippen molar-refractivity contribution in [3.63, 3.8) is 0 Å². The highest BCUT2D eigenvalue weighted by molar-refractivity contribution is 6.32. The first-order valence-electron chi connectivity index (χ1n) is 9.01. The van der Waals surface area contributed by atoms with Crippen LogP contribution >= 0.6 is 11.6 Å². The number of aromatic nitrogens is 4. The average Bonchev–Trinajstić information content (AvgIpc) is 2.92. The number of carbonyl (C=O) groups excluding carboxylic acids is 1. The van der Waals surface area contributed by atoms with Crippen molar-refractivity contribution in [1.82, 2.24) is 25.1 Å². The van der Waals surface area contributed by atoms with E-state index in [1.807, 2.05) is 13.2 Å². The summed E-state index contributed by atoms with van der Waals surface area (Å²) in [5, 5.41) is 14.1. The molecule has 0 bridgehead atoms. The first kappa shape index (κ1) is 19.2. The van der Waals surface area contributed by atoms with Gasteiger partial charge >= 0.3 is 0 Å². The SMILES string of the molecule is C=CC(=O)NC1CCCCC(Nc2nc(Nc3cnn(C)c3)ncc2Cl)C1. The third-order valence-corrected chi connectivity index (χ3v) is 4.78. The maximum absolute atomic E-state index is 11.6. The van der Waals surface area contributed by atoms with Crippen LogP contribution in [0.1, 0.15) is 32.1 Å². The quantitative estimate of drug-likeness (QED) is 0.519. The number of hydrogen-bond donors (Lipinski definition) is 3. The van der Waals surface area contributed by atoms with Crippen LogP contribution in [0.5, 0.6) is 0 Å². The molecule has 2 atom stereocenters. The standard InChI is InChI=1S/C18H24ClN7O/c1-3-16(27)22-12-6-4-5-7-13(8-12)23-17-15(19)10-20-18(25-17)24-14-9-21-26(2)11-14/h3,9-13H,1,4-8H2,2H3,(H,22,27)(H2,20,23,24,25). The van der Waals surface area contributed by atoms with E-state index < -0.39 is 0 Å².